The van der Waals surface area contributed by atoms with E-state index in [4.69, 9.17) is 0 Å². The zero-order valence-electron chi connectivity index (χ0n) is 7.67. The maximum Gasteiger partial charge on any atom is 0.433 e. The van der Waals surface area contributed by atoms with E-state index < -0.39 is 11.9 Å². The van der Waals surface area contributed by atoms with Gasteiger partial charge in [-0.3, -0.25) is 4.98 Å². The van der Waals surface area contributed by atoms with E-state index in [0.717, 1.165) is 6.07 Å². The van der Waals surface area contributed by atoms with Gasteiger partial charge < -0.3 is 0 Å². The van der Waals surface area contributed by atoms with Crippen molar-refractivity contribution in [1.29, 1.82) is 0 Å². The van der Waals surface area contributed by atoms with Gasteiger partial charge in [0.05, 0.1) is 0 Å². The van der Waals surface area contributed by atoms with E-state index in [2.05, 4.69) is 11.7 Å². The second kappa shape index (κ2) is 3.77. The van der Waals surface area contributed by atoms with Gasteiger partial charge in [-0.05, 0) is 12.1 Å². The van der Waals surface area contributed by atoms with Crippen molar-refractivity contribution in [2.45, 2.75) is 12.7 Å². The van der Waals surface area contributed by atoms with Crippen LogP contribution in [0.1, 0.15) is 11.3 Å². The largest absolute Gasteiger partial charge is 0.433 e. The van der Waals surface area contributed by atoms with Gasteiger partial charge in [-0.25, -0.2) is 4.58 Å². The van der Waals surface area contributed by atoms with Crippen molar-refractivity contribution in [2.24, 2.45) is 0 Å². The van der Waals surface area contributed by atoms with Crippen LogP contribution in [0.4, 0.5) is 13.2 Å². The number of aromatic nitrogens is 1. The Morgan fingerprint density at radius 3 is 2.43 bits per heavy atom. The van der Waals surface area contributed by atoms with Crippen LogP contribution < -0.4 is 0 Å². The minimum Gasteiger partial charge on any atom is -0.251 e. The van der Waals surface area contributed by atoms with Crippen LogP contribution in [-0.4, -0.2) is 23.3 Å². The molecule has 0 aliphatic carbocycles. The molecule has 14 heavy (non-hydrogen) atoms. The highest BCUT2D eigenvalue weighted by Crippen LogP contribution is 2.27. The lowest BCUT2D eigenvalue weighted by atomic mass is 10.2. The van der Waals surface area contributed by atoms with E-state index in [9.17, 15) is 13.2 Å². The minimum absolute atomic E-state index is 0.477. The van der Waals surface area contributed by atoms with Crippen molar-refractivity contribution < 1.29 is 17.7 Å². The molecule has 0 N–H and O–H groups in total. The molecule has 0 spiro atoms. The van der Waals surface area contributed by atoms with Crippen LogP contribution >= 0.6 is 0 Å². The van der Waals surface area contributed by atoms with Crippen LogP contribution in [-0.2, 0) is 12.7 Å². The van der Waals surface area contributed by atoms with Crippen LogP contribution in [0.3, 0.4) is 0 Å². The second-order valence-corrected chi connectivity index (χ2v) is 3.06. The molecule has 1 aromatic rings. The van der Waals surface area contributed by atoms with Crippen molar-refractivity contribution in [1.82, 2.24) is 4.98 Å². The normalized spacial score (nSPS) is 11.4. The smallest absolute Gasteiger partial charge is 0.251 e. The van der Waals surface area contributed by atoms with Gasteiger partial charge in [-0.15, -0.1) is 0 Å². The van der Waals surface area contributed by atoms with Gasteiger partial charge in [0.25, 0.3) is 0 Å². The summed E-state index contributed by atoms with van der Waals surface area (Å²) in [6.07, 6.45) is -3.15. The number of alkyl halides is 3. The SMILES string of the molecule is C=[N+](C)Cc1ccc(C(F)(F)F)nc1. The molecule has 0 saturated heterocycles. The van der Waals surface area contributed by atoms with Crippen molar-refractivity contribution in [2.75, 3.05) is 7.05 Å². The molecule has 1 heterocycles. The molecule has 0 atom stereocenters. The molecule has 1 aromatic heterocycles. The molecule has 0 unspecified atom stereocenters. The summed E-state index contributed by atoms with van der Waals surface area (Å²) < 4.78 is 37.9. The summed E-state index contributed by atoms with van der Waals surface area (Å²) in [4.78, 5) is 3.32. The molecular formula is C9H10F3N2+. The van der Waals surface area contributed by atoms with Crippen LogP contribution in [0, 0.1) is 0 Å². The van der Waals surface area contributed by atoms with E-state index in [1.807, 2.05) is 0 Å². The first-order chi connectivity index (χ1) is 6.39. The lowest BCUT2D eigenvalue weighted by Crippen LogP contribution is -2.09. The number of hydrogen-bond donors (Lipinski definition) is 0. The van der Waals surface area contributed by atoms with E-state index in [-0.39, 0.29) is 0 Å². The Kier molecular flexibility index (Phi) is 2.88. The Labute approximate surface area is 79.7 Å². The fourth-order valence-electron chi connectivity index (χ4n) is 0.997. The quantitative estimate of drug-likeness (QED) is 0.530. The fourth-order valence-corrected chi connectivity index (χ4v) is 0.997. The zero-order chi connectivity index (χ0) is 10.8. The van der Waals surface area contributed by atoms with Crippen molar-refractivity contribution in [3.8, 4) is 0 Å². The molecule has 76 valence electrons. The Morgan fingerprint density at radius 1 is 1.43 bits per heavy atom. The van der Waals surface area contributed by atoms with Crippen LogP contribution in [0.15, 0.2) is 18.3 Å². The molecule has 0 radical (unpaired) electrons. The first kappa shape index (κ1) is 10.7. The van der Waals surface area contributed by atoms with Gasteiger partial charge in [0, 0.05) is 11.8 Å². The lowest BCUT2D eigenvalue weighted by molar-refractivity contribution is -0.505. The van der Waals surface area contributed by atoms with Gasteiger partial charge >= 0.3 is 6.18 Å². The Hall–Kier alpha value is -1.39. The predicted octanol–water partition coefficient (Wildman–Crippen LogP) is 1.94. The molecule has 1 rings (SSSR count). The third-order valence-electron chi connectivity index (χ3n) is 1.57. The molecule has 2 nitrogen and oxygen atoms in total. The maximum atomic E-state index is 12.1. The number of rotatable bonds is 2. The molecule has 0 aliphatic rings. The van der Waals surface area contributed by atoms with Crippen molar-refractivity contribution in [3.05, 3.63) is 29.6 Å². The van der Waals surface area contributed by atoms with Gasteiger partial charge in [-0.1, -0.05) is 0 Å². The molecule has 0 fully saturated rings. The summed E-state index contributed by atoms with van der Waals surface area (Å²) in [7, 11) is 1.73. The number of pyridine rings is 1. The Morgan fingerprint density at radius 2 is 2.07 bits per heavy atom. The van der Waals surface area contributed by atoms with E-state index in [1.165, 1.54) is 12.3 Å². The average Bonchev–Trinajstić information content (AvgIpc) is 2.02. The maximum absolute atomic E-state index is 12.1. The first-order valence-corrected chi connectivity index (χ1v) is 3.93. The standard InChI is InChI=1S/C9H10F3N2/c1-14(2)6-7-3-4-8(13-5-7)9(10,11)12/h3-5H,1,6H2,2H3/q+1. The van der Waals surface area contributed by atoms with Crippen LogP contribution in [0.5, 0.6) is 0 Å². The molecular weight excluding hydrogens is 193 g/mol. The first-order valence-electron chi connectivity index (χ1n) is 3.93. The molecule has 0 amide bonds. The third-order valence-corrected chi connectivity index (χ3v) is 1.57. The van der Waals surface area contributed by atoms with Gasteiger partial charge in [0.15, 0.2) is 6.54 Å². The molecule has 0 aromatic carbocycles. The van der Waals surface area contributed by atoms with Crippen LogP contribution in [0.2, 0.25) is 0 Å². The number of hydrogen-bond acceptors (Lipinski definition) is 1. The minimum atomic E-state index is -4.37. The van der Waals surface area contributed by atoms with Gasteiger partial charge in [0.1, 0.15) is 19.5 Å². The second-order valence-electron chi connectivity index (χ2n) is 3.06. The van der Waals surface area contributed by atoms with Crippen molar-refractivity contribution >= 4 is 6.72 Å². The highest BCUT2D eigenvalue weighted by atomic mass is 19.4. The Bertz CT molecular complexity index is 327. The topological polar surface area (TPSA) is 15.9 Å². The van der Waals surface area contributed by atoms with Gasteiger partial charge in [-0.2, -0.15) is 13.2 Å². The lowest BCUT2D eigenvalue weighted by Gasteiger charge is -2.05. The van der Waals surface area contributed by atoms with Gasteiger partial charge in [0.2, 0.25) is 0 Å². The summed E-state index contributed by atoms with van der Waals surface area (Å²) in [6.45, 7) is 4.07. The predicted molar refractivity (Wildman–Crippen MR) is 46.2 cm³/mol. The number of nitrogens with zero attached hydrogens (tertiary/aromatic N) is 2. The molecule has 5 heteroatoms. The highest BCUT2D eigenvalue weighted by molar-refractivity contribution is 5.17. The summed E-state index contributed by atoms with van der Waals surface area (Å²) in [5.74, 6) is 0. The van der Waals surface area contributed by atoms with Crippen molar-refractivity contribution in [3.63, 3.8) is 0 Å². The van der Waals surface area contributed by atoms with E-state index in [0.29, 0.717) is 12.1 Å². The summed E-state index contributed by atoms with van der Waals surface area (Å²) >= 11 is 0. The van der Waals surface area contributed by atoms with E-state index in [1.54, 1.807) is 11.6 Å². The van der Waals surface area contributed by atoms with E-state index >= 15 is 0 Å². The summed E-state index contributed by atoms with van der Waals surface area (Å²) in [5.41, 5.74) is -0.163. The average molecular weight is 203 g/mol. The fraction of sp³-hybridized carbons (Fsp3) is 0.333. The number of halogens is 3. The summed E-state index contributed by atoms with van der Waals surface area (Å²) in [5, 5.41) is 0. The van der Waals surface area contributed by atoms with Crippen LogP contribution in [0.25, 0.3) is 0 Å². The summed E-state index contributed by atoms with van der Waals surface area (Å²) in [6, 6.07) is 2.37. The third kappa shape index (κ3) is 2.83. The monoisotopic (exact) mass is 203 g/mol. The molecule has 0 aliphatic heterocycles. The Balaban J connectivity index is 2.84. The molecule has 0 saturated carbocycles. The highest BCUT2D eigenvalue weighted by Gasteiger charge is 2.32. The zero-order valence-corrected chi connectivity index (χ0v) is 7.67. The molecule has 0 bridgehead atoms.